The van der Waals surface area contributed by atoms with Gasteiger partial charge in [0.25, 0.3) is 0 Å². The van der Waals surface area contributed by atoms with E-state index in [2.05, 4.69) is 16.0 Å². The molecule has 1 aliphatic carbocycles. The number of amides is 2. The Hall–Kier alpha value is -3.79. The summed E-state index contributed by atoms with van der Waals surface area (Å²) in [5.74, 6) is 0.804. The van der Waals surface area contributed by atoms with Crippen LogP contribution >= 0.6 is 0 Å². The molecular weight excluding hydrogens is 502 g/mol. The predicted octanol–water partition coefficient (Wildman–Crippen LogP) is 2.80. The van der Waals surface area contributed by atoms with Gasteiger partial charge in [0, 0.05) is 19.0 Å². The number of rotatable bonds is 11. The lowest BCUT2D eigenvalue weighted by molar-refractivity contribution is -0.123. The normalized spacial score (nSPS) is 15.5. The first-order valence-corrected chi connectivity index (χ1v) is 13.1. The number of aliphatic hydroxyl groups is 1. The first-order valence-electron chi connectivity index (χ1n) is 13.1. The highest BCUT2D eigenvalue weighted by Crippen LogP contribution is 2.50. The molecule has 2 amide bonds. The summed E-state index contributed by atoms with van der Waals surface area (Å²) in [6.45, 7) is 5.27. The molecule has 3 atom stereocenters. The van der Waals surface area contributed by atoms with E-state index in [1.165, 1.54) is 20.1 Å². The van der Waals surface area contributed by atoms with E-state index in [0.717, 1.165) is 11.1 Å². The van der Waals surface area contributed by atoms with Crippen molar-refractivity contribution in [2.45, 2.75) is 52.1 Å². The fourth-order valence-electron chi connectivity index (χ4n) is 4.99. The maximum Gasteiger partial charge on any atom is 0.242 e. The molecule has 0 fully saturated rings. The van der Waals surface area contributed by atoms with Crippen LogP contribution in [0.5, 0.6) is 17.2 Å². The van der Waals surface area contributed by atoms with E-state index in [-0.39, 0.29) is 42.0 Å². The Morgan fingerprint density at radius 2 is 1.82 bits per heavy atom. The number of methoxy groups -OCH3 is 3. The second-order valence-electron chi connectivity index (χ2n) is 9.62. The number of carbonyl (C=O) groups excluding carboxylic acids is 2. The fourth-order valence-corrected chi connectivity index (χ4v) is 4.99. The van der Waals surface area contributed by atoms with Crippen molar-refractivity contribution in [3.8, 4) is 28.4 Å². The molecule has 2 aromatic rings. The zero-order chi connectivity index (χ0) is 28.7. The number of carbonyl (C=O) groups is 2. The van der Waals surface area contributed by atoms with Crippen LogP contribution in [0.2, 0.25) is 0 Å². The molecule has 4 N–H and O–H groups in total. The van der Waals surface area contributed by atoms with Crippen LogP contribution in [0.25, 0.3) is 11.1 Å². The smallest absolute Gasteiger partial charge is 0.242 e. The molecule has 0 aromatic heterocycles. The number of ether oxygens (including phenoxy) is 3. The molecule has 0 saturated carbocycles. The van der Waals surface area contributed by atoms with E-state index in [4.69, 9.17) is 19.3 Å². The molecular formula is C29H39N3O7. The SMILES string of the molecule is CC[C@H](C)[C@@H](Nc1ccc2c(cc1=O)[C@H](NC(C)=O)CCc1cc(OC)c(OC)c(OC)c1-2)C(=O)NCCO. The highest BCUT2D eigenvalue weighted by Gasteiger charge is 2.30. The Balaban J connectivity index is 2.26. The van der Waals surface area contributed by atoms with Gasteiger partial charge in [0.15, 0.2) is 11.5 Å². The van der Waals surface area contributed by atoms with Crippen molar-refractivity contribution in [1.82, 2.24) is 10.6 Å². The second kappa shape index (κ2) is 13.3. The minimum absolute atomic E-state index is 0.0869. The van der Waals surface area contributed by atoms with Gasteiger partial charge in [0.05, 0.1) is 39.7 Å². The van der Waals surface area contributed by atoms with Crippen molar-refractivity contribution in [1.29, 1.82) is 0 Å². The van der Waals surface area contributed by atoms with Gasteiger partial charge in [-0.2, -0.15) is 0 Å². The van der Waals surface area contributed by atoms with Gasteiger partial charge in [-0.1, -0.05) is 26.3 Å². The first-order chi connectivity index (χ1) is 18.7. The number of anilines is 1. The van der Waals surface area contributed by atoms with Gasteiger partial charge in [-0.25, -0.2) is 0 Å². The van der Waals surface area contributed by atoms with Crippen molar-refractivity contribution >= 4 is 17.5 Å². The molecule has 0 aliphatic heterocycles. The summed E-state index contributed by atoms with van der Waals surface area (Å²) < 4.78 is 17.0. The van der Waals surface area contributed by atoms with Gasteiger partial charge in [-0.05, 0) is 53.6 Å². The van der Waals surface area contributed by atoms with Crippen LogP contribution in [0.15, 0.2) is 29.1 Å². The predicted molar refractivity (Wildman–Crippen MR) is 150 cm³/mol. The zero-order valence-electron chi connectivity index (χ0n) is 23.5. The molecule has 1 aliphatic rings. The average molecular weight is 542 g/mol. The van der Waals surface area contributed by atoms with Crippen molar-refractivity contribution in [2.75, 3.05) is 39.8 Å². The highest BCUT2D eigenvalue weighted by atomic mass is 16.5. The number of hydrogen-bond donors (Lipinski definition) is 4. The third-order valence-corrected chi connectivity index (χ3v) is 7.13. The summed E-state index contributed by atoms with van der Waals surface area (Å²) in [6, 6.07) is 5.76. The van der Waals surface area contributed by atoms with Crippen LogP contribution in [0, 0.1) is 5.92 Å². The third-order valence-electron chi connectivity index (χ3n) is 7.13. The van der Waals surface area contributed by atoms with E-state index in [9.17, 15) is 14.4 Å². The number of nitrogens with one attached hydrogen (secondary N) is 3. The second-order valence-corrected chi connectivity index (χ2v) is 9.62. The Morgan fingerprint density at radius 3 is 2.41 bits per heavy atom. The Bertz CT molecular complexity index is 1260. The summed E-state index contributed by atoms with van der Waals surface area (Å²) in [5, 5.41) is 18.0. The van der Waals surface area contributed by atoms with Crippen LogP contribution in [0.4, 0.5) is 5.69 Å². The summed E-state index contributed by atoms with van der Waals surface area (Å²) in [5.41, 5.74) is 2.94. The third kappa shape index (κ3) is 6.44. The summed E-state index contributed by atoms with van der Waals surface area (Å²) >= 11 is 0. The Kier molecular flexibility index (Phi) is 10.2. The molecule has 0 spiro atoms. The molecule has 10 heteroatoms. The summed E-state index contributed by atoms with van der Waals surface area (Å²) in [4.78, 5) is 38.6. The number of hydrogen-bond acceptors (Lipinski definition) is 8. The van der Waals surface area contributed by atoms with Gasteiger partial charge in [0.2, 0.25) is 23.0 Å². The quantitative estimate of drug-likeness (QED) is 0.341. The van der Waals surface area contributed by atoms with E-state index >= 15 is 0 Å². The van der Waals surface area contributed by atoms with E-state index in [1.807, 2.05) is 26.0 Å². The van der Waals surface area contributed by atoms with Crippen LogP contribution in [-0.2, 0) is 16.0 Å². The first kappa shape index (κ1) is 29.8. The Morgan fingerprint density at radius 1 is 1.10 bits per heavy atom. The van der Waals surface area contributed by atoms with Crippen LogP contribution < -0.4 is 35.6 Å². The Labute approximate surface area is 229 Å². The topological polar surface area (TPSA) is 135 Å². The largest absolute Gasteiger partial charge is 0.493 e. The summed E-state index contributed by atoms with van der Waals surface area (Å²) in [6.07, 6.45) is 1.84. The van der Waals surface area contributed by atoms with Crippen molar-refractivity contribution in [3.05, 3.63) is 45.6 Å². The van der Waals surface area contributed by atoms with Crippen molar-refractivity contribution < 1.29 is 28.9 Å². The van der Waals surface area contributed by atoms with E-state index < -0.39 is 12.1 Å². The molecule has 3 rings (SSSR count). The number of aryl methyl sites for hydroxylation is 1. The fraction of sp³-hybridized carbons (Fsp3) is 0.483. The molecule has 39 heavy (non-hydrogen) atoms. The zero-order valence-corrected chi connectivity index (χ0v) is 23.5. The maximum atomic E-state index is 13.6. The minimum atomic E-state index is -0.686. The number of benzene rings is 1. The van der Waals surface area contributed by atoms with Crippen molar-refractivity contribution in [2.24, 2.45) is 5.92 Å². The standard InChI is InChI=1S/C29H39N3O7/c1-7-16(2)26(29(36)30-12-13-33)32-22-11-9-19-20(15-23(22)35)21(31-17(3)34)10-8-18-14-24(37-4)27(38-5)28(39-6)25(18)19/h9,11,14-16,21,26,33H,7-8,10,12-13H2,1-6H3,(H,30,36)(H,31,34)(H,32,35)/t16-,21+,26+/m0/s1. The van der Waals surface area contributed by atoms with Gasteiger partial charge in [-0.3, -0.25) is 14.4 Å². The molecule has 0 heterocycles. The molecule has 0 unspecified atom stereocenters. The lowest BCUT2D eigenvalue weighted by Crippen LogP contribution is -2.45. The van der Waals surface area contributed by atoms with Gasteiger partial charge >= 0.3 is 0 Å². The molecule has 212 valence electrons. The lowest BCUT2D eigenvalue weighted by atomic mass is 9.95. The van der Waals surface area contributed by atoms with Gasteiger partial charge < -0.3 is 35.3 Å². The monoisotopic (exact) mass is 541 g/mol. The van der Waals surface area contributed by atoms with Gasteiger partial charge in [-0.15, -0.1) is 0 Å². The van der Waals surface area contributed by atoms with Crippen LogP contribution in [0.1, 0.15) is 50.8 Å². The molecule has 0 radical (unpaired) electrons. The average Bonchev–Trinajstić information content (AvgIpc) is 3.17. The molecule has 10 nitrogen and oxygen atoms in total. The molecule has 2 aromatic carbocycles. The van der Waals surface area contributed by atoms with Crippen LogP contribution in [0.3, 0.4) is 0 Å². The highest BCUT2D eigenvalue weighted by molar-refractivity contribution is 5.86. The number of aliphatic hydroxyl groups excluding tert-OH is 1. The number of fused-ring (bicyclic) bond motifs is 3. The maximum absolute atomic E-state index is 13.6. The van der Waals surface area contributed by atoms with E-state index in [0.29, 0.717) is 47.6 Å². The summed E-state index contributed by atoms with van der Waals surface area (Å²) in [7, 11) is 4.63. The van der Waals surface area contributed by atoms with Crippen LogP contribution in [-0.4, -0.2) is 57.4 Å². The van der Waals surface area contributed by atoms with E-state index in [1.54, 1.807) is 20.3 Å². The van der Waals surface area contributed by atoms with Crippen molar-refractivity contribution in [3.63, 3.8) is 0 Å². The minimum Gasteiger partial charge on any atom is -0.493 e. The van der Waals surface area contributed by atoms with Gasteiger partial charge in [0.1, 0.15) is 6.04 Å². The molecule has 0 saturated heterocycles. The molecule has 0 bridgehead atoms. The lowest BCUT2D eigenvalue weighted by Gasteiger charge is -2.23.